The fourth-order valence-corrected chi connectivity index (χ4v) is 5.55. The summed E-state index contributed by atoms with van der Waals surface area (Å²) >= 11 is 0. The number of allylic oxidation sites excluding steroid dienone is 2. The summed E-state index contributed by atoms with van der Waals surface area (Å²) in [6.45, 7) is 7.09. The Hall–Kier alpha value is -4.02. The molecule has 0 N–H and O–H groups in total. The number of carbonyl (C=O) groups is 3. The minimum atomic E-state index is -4.46. The molecule has 45 heavy (non-hydrogen) atoms. The molecule has 1 aliphatic carbocycles. The van der Waals surface area contributed by atoms with Gasteiger partial charge in [0.05, 0.1) is 18.6 Å². The maximum absolute atomic E-state index is 13.5. The number of halogens is 3. The molecule has 4 rings (SSSR count). The molecule has 2 atom stereocenters. The Morgan fingerprint density at radius 3 is 2.51 bits per heavy atom. The minimum absolute atomic E-state index is 0.00161. The number of nitrogens with zero attached hydrogens (tertiary/aromatic N) is 2. The molecule has 1 heterocycles. The smallest absolute Gasteiger partial charge is 0.416 e. The Morgan fingerprint density at radius 1 is 1.07 bits per heavy atom. The number of fused-ring (bicyclic) bond motifs is 1. The Balaban J connectivity index is 1.51. The first kappa shape index (κ1) is 33.9. The summed E-state index contributed by atoms with van der Waals surface area (Å²) < 4.78 is 57.4. The van der Waals surface area contributed by atoms with Crippen LogP contribution in [0.25, 0.3) is 0 Å². The first-order valence-electron chi connectivity index (χ1n) is 15.3. The predicted octanol–water partition coefficient (Wildman–Crippen LogP) is 7.26. The Kier molecular flexibility index (Phi) is 10.8. The van der Waals surface area contributed by atoms with Gasteiger partial charge in [0, 0.05) is 24.7 Å². The van der Waals surface area contributed by atoms with Crippen LogP contribution in [-0.4, -0.2) is 54.7 Å². The third-order valence-electron chi connectivity index (χ3n) is 7.66. The van der Waals surface area contributed by atoms with Crippen LogP contribution < -0.4 is 9.64 Å². The van der Waals surface area contributed by atoms with Crippen molar-refractivity contribution in [1.29, 1.82) is 0 Å². The van der Waals surface area contributed by atoms with Crippen LogP contribution in [0.3, 0.4) is 0 Å². The zero-order chi connectivity index (χ0) is 32.8. The summed E-state index contributed by atoms with van der Waals surface area (Å²) in [4.78, 5) is 41.1. The van der Waals surface area contributed by atoms with Gasteiger partial charge in [-0.1, -0.05) is 24.3 Å². The number of rotatable bonds is 10. The second-order valence-corrected chi connectivity index (χ2v) is 12.2. The van der Waals surface area contributed by atoms with E-state index >= 15 is 0 Å². The Labute approximate surface area is 262 Å². The number of carbonyl (C=O) groups excluding carboxylic acids is 3. The number of amides is 2. The molecule has 2 amide bonds. The lowest BCUT2D eigenvalue weighted by Crippen LogP contribution is -2.45. The van der Waals surface area contributed by atoms with E-state index in [-0.39, 0.29) is 37.9 Å². The van der Waals surface area contributed by atoms with Crippen molar-refractivity contribution in [2.24, 2.45) is 5.92 Å². The highest BCUT2D eigenvalue weighted by molar-refractivity contribution is 5.98. The van der Waals surface area contributed by atoms with Crippen LogP contribution in [0.5, 0.6) is 5.75 Å². The number of esters is 1. The SMILES string of the molecule is CCOC(=O)CCN(CC(=O)N1CCc2cc(OC(c3cccc(C(F)(F)F)c3)C3CC=CCC3)ccc21)C(=O)OC(C)(C)C. The van der Waals surface area contributed by atoms with E-state index < -0.39 is 35.5 Å². The average molecular weight is 631 g/mol. The first-order valence-corrected chi connectivity index (χ1v) is 15.3. The number of benzene rings is 2. The van der Waals surface area contributed by atoms with Crippen LogP contribution >= 0.6 is 0 Å². The fourth-order valence-electron chi connectivity index (χ4n) is 5.55. The molecular weight excluding hydrogens is 589 g/mol. The molecule has 8 nitrogen and oxygen atoms in total. The average Bonchev–Trinajstić information content (AvgIpc) is 3.41. The summed E-state index contributed by atoms with van der Waals surface area (Å²) in [5.74, 6) is -0.318. The molecule has 0 radical (unpaired) electrons. The molecule has 2 aromatic rings. The zero-order valence-electron chi connectivity index (χ0n) is 26.2. The molecular formula is C34H41F3N2O6. The van der Waals surface area contributed by atoms with E-state index in [0.717, 1.165) is 30.5 Å². The highest BCUT2D eigenvalue weighted by Crippen LogP contribution is 2.40. The predicted molar refractivity (Wildman–Crippen MR) is 163 cm³/mol. The van der Waals surface area contributed by atoms with Gasteiger partial charge in [-0.15, -0.1) is 0 Å². The van der Waals surface area contributed by atoms with Crippen molar-refractivity contribution in [3.8, 4) is 5.75 Å². The van der Waals surface area contributed by atoms with Gasteiger partial charge in [-0.05, 0) is 94.8 Å². The quantitative estimate of drug-likeness (QED) is 0.203. The molecule has 0 spiro atoms. The van der Waals surface area contributed by atoms with Crippen LogP contribution in [0.2, 0.25) is 0 Å². The Morgan fingerprint density at radius 2 is 1.84 bits per heavy atom. The highest BCUT2D eigenvalue weighted by atomic mass is 19.4. The van der Waals surface area contributed by atoms with Gasteiger partial charge < -0.3 is 19.1 Å². The summed E-state index contributed by atoms with van der Waals surface area (Å²) in [5, 5.41) is 0. The molecule has 11 heteroatoms. The van der Waals surface area contributed by atoms with E-state index in [1.807, 2.05) is 12.1 Å². The molecule has 2 aromatic carbocycles. The van der Waals surface area contributed by atoms with Crippen molar-refractivity contribution < 1.29 is 41.8 Å². The van der Waals surface area contributed by atoms with Crippen LogP contribution in [0, 0.1) is 5.92 Å². The van der Waals surface area contributed by atoms with Crippen LogP contribution in [0.4, 0.5) is 23.7 Å². The second kappa shape index (κ2) is 14.4. The lowest BCUT2D eigenvalue weighted by atomic mass is 9.85. The first-order chi connectivity index (χ1) is 21.2. The molecule has 0 aromatic heterocycles. The number of anilines is 1. The van der Waals surface area contributed by atoms with Gasteiger partial charge in [0.25, 0.3) is 0 Å². The molecule has 1 aliphatic heterocycles. The normalized spacial score (nSPS) is 17.0. The van der Waals surface area contributed by atoms with Crippen molar-refractivity contribution in [3.05, 3.63) is 71.3 Å². The number of hydrogen-bond acceptors (Lipinski definition) is 6. The van der Waals surface area contributed by atoms with Crippen molar-refractivity contribution in [1.82, 2.24) is 4.90 Å². The van der Waals surface area contributed by atoms with Gasteiger partial charge in [-0.2, -0.15) is 13.2 Å². The summed E-state index contributed by atoms with van der Waals surface area (Å²) in [7, 11) is 0. The van der Waals surface area contributed by atoms with E-state index in [0.29, 0.717) is 36.4 Å². The third kappa shape index (κ3) is 9.25. The lowest BCUT2D eigenvalue weighted by Gasteiger charge is -2.30. The second-order valence-electron chi connectivity index (χ2n) is 12.2. The van der Waals surface area contributed by atoms with Gasteiger partial charge in [-0.3, -0.25) is 14.5 Å². The van der Waals surface area contributed by atoms with Crippen LogP contribution in [-0.2, 0) is 31.7 Å². The van der Waals surface area contributed by atoms with Crippen LogP contribution in [0.15, 0.2) is 54.6 Å². The largest absolute Gasteiger partial charge is 0.485 e. The van der Waals surface area contributed by atoms with Gasteiger partial charge in [0.2, 0.25) is 5.91 Å². The zero-order valence-corrected chi connectivity index (χ0v) is 26.2. The van der Waals surface area contributed by atoms with Crippen molar-refractivity contribution in [3.63, 3.8) is 0 Å². The van der Waals surface area contributed by atoms with Gasteiger partial charge in [0.15, 0.2) is 0 Å². The maximum Gasteiger partial charge on any atom is 0.416 e. The lowest BCUT2D eigenvalue weighted by molar-refractivity contribution is -0.143. The van der Waals surface area contributed by atoms with Crippen molar-refractivity contribution >= 4 is 23.7 Å². The van der Waals surface area contributed by atoms with Crippen molar-refractivity contribution in [2.75, 3.05) is 31.1 Å². The monoisotopic (exact) mass is 630 g/mol. The number of ether oxygens (including phenoxy) is 3. The van der Waals surface area contributed by atoms with E-state index in [9.17, 15) is 27.6 Å². The summed E-state index contributed by atoms with van der Waals surface area (Å²) in [6, 6.07) is 10.6. The van der Waals surface area contributed by atoms with Gasteiger partial charge in [-0.25, -0.2) is 4.79 Å². The molecule has 244 valence electrons. The molecule has 0 saturated carbocycles. The maximum atomic E-state index is 13.5. The molecule has 0 saturated heterocycles. The molecule has 0 bridgehead atoms. The van der Waals surface area contributed by atoms with Crippen LogP contribution in [0.1, 0.15) is 76.2 Å². The minimum Gasteiger partial charge on any atom is -0.485 e. The topological polar surface area (TPSA) is 85.4 Å². The molecule has 2 aliphatic rings. The van der Waals surface area contributed by atoms with E-state index in [4.69, 9.17) is 14.2 Å². The number of hydrogen-bond donors (Lipinski definition) is 0. The highest BCUT2D eigenvalue weighted by Gasteiger charge is 2.34. The number of alkyl halides is 3. The van der Waals surface area contributed by atoms with E-state index in [1.165, 1.54) is 11.0 Å². The van der Waals surface area contributed by atoms with E-state index in [2.05, 4.69) is 6.08 Å². The fraction of sp³-hybridized carbons (Fsp3) is 0.500. The Bertz CT molecular complexity index is 1400. The molecule has 0 fully saturated rings. The standard InChI is InChI=1S/C34H41F3N2O6/c1-5-43-30(41)17-18-38(32(42)45-33(2,3)4)22-29(40)39-19-16-24-21-27(14-15-28(24)39)44-31(23-10-7-6-8-11-23)25-12-9-13-26(20-25)34(35,36)37/h6-7,9,12-15,20-21,23,31H,5,8,10-11,16-19,22H2,1-4H3. The summed E-state index contributed by atoms with van der Waals surface area (Å²) in [6.07, 6.45) is 1.11. The summed E-state index contributed by atoms with van der Waals surface area (Å²) in [5.41, 5.74) is 0.470. The molecule has 2 unspecified atom stereocenters. The third-order valence-corrected chi connectivity index (χ3v) is 7.66. The van der Waals surface area contributed by atoms with Crippen molar-refractivity contribution in [2.45, 2.75) is 77.7 Å². The van der Waals surface area contributed by atoms with E-state index in [1.54, 1.807) is 50.8 Å². The van der Waals surface area contributed by atoms with Gasteiger partial charge in [0.1, 0.15) is 24.0 Å². The van der Waals surface area contributed by atoms with Gasteiger partial charge >= 0.3 is 18.2 Å².